The summed E-state index contributed by atoms with van der Waals surface area (Å²) in [6.45, 7) is 4.15. The lowest BCUT2D eigenvalue weighted by Crippen LogP contribution is -2.19. The molecule has 0 aliphatic carbocycles. The van der Waals surface area contributed by atoms with Crippen LogP contribution in [0.5, 0.6) is 0 Å². The SMILES string of the molecule is CNC(Cc1c(Br)c(C)nn1C)c1cc(C)c(Br)s1. The Kier molecular flexibility index (Phi) is 4.87. The van der Waals surface area contributed by atoms with Crippen LogP contribution in [0.2, 0.25) is 0 Å². The second-order valence-electron chi connectivity index (χ2n) is 4.62. The van der Waals surface area contributed by atoms with Crippen LogP contribution < -0.4 is 5.32 Å². The molecular weight excluding hydrogens is 390 g/mol. The molecule has 0 amide bonds. The third kappa shape index (κ3) is 3.12. The third-order valence-corrected chi connectivity index (χ3v) is 6.51. The summed E-state index contributed by atoms with van der Waals surface area (Å²) in [5.41, 5.74) is 3.55. The van der Waals surface area contributed by atoms with Gasteiger partial charge in [0.2, 0.25) is 0 Å². The number of aryl methyl sites for hydroxylation is 3. The first-order chi connectivity index (χ1) is 8.93. The maximum atomic E-state index is 4.45. The lowest BCUT2D eigenvalue weighted by Gasteiger charge is -2.15. The van der Waals surface area contributed by atoms with Crippen molar-refractivity contribution < 1.29 is 0 Å². The summed E-state index contributed by atoms with van der Waals surface area (Å²) < 4.78 is 4.28. The highest BCUT2D eigenvalue weighted by Crippen LogP contribution is 2.34. The van der Waals surface area contributed by atoms with E-state index in [2.05, 4.69) is 55.3 Å². The summed E-state index contributed by atoms with van der Waals surface area (Å²) >= 11 is 9.02. The number of thiophene rings is 1. The van der Waals surface area contributed by atoms with Crippen molar-refractivity contribution in [2.45, 2.75) is 26.3 Å². The van der Waals surface area contributed by atoms with Crippen LogP contribution in [0, 0.1) is 13.8 Å². The van der Waals surface area contributed by atoms with E-state index in [9.17, 15) is 0 Å². The van der Waals surface area contributed by atoms with Crippen molar-refractivity contribution in [2.75, 3.05) is 7.05 Å². The van der Waals surface area contributed by atoms with Crippen molar-refractivity contribution in [1.29, 1.82) is 0 Å². The Hall–Kier alpha value is -0.170. The fraction of sp³-hybridized carbons (Fsp3) is 0.462. The summed E-state index contributed by atoms with van der Waals surface area (Å²) in [4.78, 5) is 1.35. The zero-order valence-electron chi connectivity index (χ0n) is 11.4. The number of aromatic nitrogens is 2. The van der Waals surface area contributed by atoms with Gasteiger partial charge in [0, 0.05) is 24.4 Å². The number of nitrogens with one attached hydrogen (secondary N) is 1. The highest BCUT2D eigenvalue weighted by molar-refractivity contribution is 9.11. The summed E-state index contributed by atoms with van der Waals surface area (Å²) in [5, 5.41) is 7.85. The lowest BCUT2D eigenvalue weighted by molar-refractivity contribution is 0.568. The molecule has 0 radical (unpaired) electrons. The number of hydrogen-bond donors (Lipinski definition) is 1. The molecule has 3 nitrogen and oxygen atoms in total. The molecular formula is C13H17Br2N3S. The second-order valence-corrected chi connectivity index (χ2v) is 7.82. The van der Waals surface area contributed by atoms with Crippen molar-refractivity contribution in [2.24, 2.45) is 7.05 Å². The van der Waals surface area contributed by atoms with Gasteiger partial charge >= 0.3 is 0 Å². The summed E-state index contributed by atoms with van der Waals surface area (Å²) in [5.74, 6) is 0. The van der Waals surface area contributed by atoms with Gasteiger partial charge in [0.15, 0.2) is 0 Å². The second kappa shape index (κ2) is 6.08. The largest absolute Gasteiger partial charge is 0.312 e. The third-order valence-electron chi connectivity index (χ3n) is 3.23. The van der Waals surface area contributed by atoms with Crippen LogP contribution in [0.1, 0.15) is 27.9 Å². The molecule has 1 unspecified atom stereocenters. The molecule has 0 saturated heterocycles. The maximum absolute atomic E-state index is 4.45. The van der Waals surface area contributed by atoms with Gasteiger partial charge in [0.05, 0.1) is 19.6 Å². The Labute approximate surface area is 134 Å². The van der Waals surface area contributed by atoms with Crippen molar-refractivity contribution >= 4 is 43.2 Å². The molecule has 2 aromatic rings. The van der Waals surface area contributed by atoms with E-state index in [0.29, 0.717) is 6.04 Å². The molecule has 1 N–H and O–H groups in total. The minimum Gasteiger partial charge on any atom is -0.312 e. The van der Waals surface area contributed by atoms with Crippen LogP contribution in [0.15, 0.2) is 14.3 Å². The number of hydrogen-bond acceptors (Lipinski definition) is 3. The zero-order chi connectivity index (χ0) is 14.2. The minimum atomic E-state index is 0.307. The molecule has 0 aliphatic rings. The molecule has 6 heteroatoms. The van der Waals surface area contributed by atoms with Gasteiger partial charge in [0.1, 0.15) is 0 Å². The van der Waals surface area contributed by atoms with Gasteiger partial charge in [-0.15, -0.1) is 11.3 Å². The van der Waals surface area contributed by atoms with E-state index in [4.69, 9.17) is 0 Å². The Balaban J connectivity index is 2.29. The topological polar surface area (TPSA) is 29.9 Å². The highest BCUT2D eigenvalue weighted by atomic mass is 79.9. The average molecular weight is 407 g/mol. The van der Waals surface area contributed by atoms with Crippen molar-refractivity contribution in [1.82, 2.24) is 15.1 Å². The van der Waals surface area contributed by atoms with Crippen LogP contribution in [-0.4, -0.2) is 16.8 Å². The predicted molar refractivity (Wildman–Crippen MR) is 87.9 cm³/mol. The smallest absolute Gasteiger partial charge is 0.0738 e. The summed E-state index contributed by atoms with van der Waals surface area (Å²) in [7, 11) is 4.00. The van der Waals surface area contributed by atoms with Crippen molar-refractivity contribution in [3.05, 3.63) is 36.2 Å². The van der Waals surface area contributed by atoms with Crippen molar-refractivity contribution in [3.63, 3.8) is 0 Å². The Morgan fingerprint density at radius 2 is 2.11 bits per heavy atom. The first kappa shape index (κ1) is 15.2. The predicted octanol–water partition coefficient (Wildman–Crippen LogP) is 4.13. The van der Waals surface area contributed by atoms with Gasteiger partial charge in [-0.25, -0.2) is 0 Å². The number of nitrogens with zero attached hydrogens (tertiary/aromatic N) is 2. The van der Waals surface area contributed by atoms with Gasteiger partial charge < -0.3 is 5.32 Å². The first-order valence-electron chi connectivity index (χ1n) is 6.05. The molecule has 2 heterocycles. The van der Waals surface area contributed by atoms with Gasteiger partial charge in [-0.05, 0) is 64.4 Å². The van der Waals surface area contributed by atoms with Crippen LogP contribution >= 0.6 is 43.2 Å². The monoisotopic (exact) mass is 405 g/mol. The fourth-order valence-corrected chi connectivity index (χ4v) is 4.27. The normalized spacial score (nSPS) is 12.9. The molecule has 0 bridgehead atoms. The molecule has 19 heavy (non-hydrogen) atoms. The highest BCUT2D eigenvalue weighted by Gasteiger charge is 2.19. The first-order valence-corrected chi connectivity index (χ1v) is 8.45. The van der Waals surface area contributed by atoms with Gasteiger partial charge in [0.25, 0.3) is 0 Å². The molecule has 2 aromatic heterocycles. The molecule has 1 atom stereocenters. The van der Waals surface area contributed by atoms with Crippen LogP contribution in [0.25, 0.3) is 0 Å². The van der Waals surface area contributed by atoms with E-state index < -0.39 is 0 Å². The van der Waals surface area contributed by atoms with Gasteiger partial charge in [-0.1, -0.05) is 0 Å². The van der Waals surface area contributed by atoms with E-state index in [1.807, 2.05) is 25.7 Å². The molecule has 0 fully saturated rings. The zero-order valence-corrected chi connectivity index (χ0v) is 15.4. The number of likely N-dealkylation sites (N-methyl/N-ethyl adjacent to an activating group) is 1. The van der Waals surface area contributed by atoms with E-state index >= 15 is 0 Å². The molecule has 0 spiro atoms. The van der Waals surface area contributed by atoms with E-state index in [1.54, 1.807) is 11.3 Å². The molecule has 104 valence electrons. The van der Waals surface area contributed by atoms with Crippen LogP contribution in [-0.2, 0) is 13.5 Å². The quantitative estimate of drug-likeness (QED) is 0.827. The van der Waals surface area contributed by atoms with E-state index in [-0.39, 0.29) is 0 Å². The van der Waals surface area contributed by atoms with Crippen LogP contribution in [0.3, 0.4) is 0 Å². The summed E-state index contributed by atoms with van der Waals surface area (Å²) in [6.07, 6.45) is 0.917. The van der Waals surface area contributed by atoms with E-state index in [1.165, 1.54) is 19.9 Å². The number of halogens is 2. The maximum Gasteiger partial charge on any atom is 0.0738 e. The molecule has 0 aromatic carbocycles. The van der Waals surface area contributed by atoms with E-state index in [0.717, 1.165) is 16.6 Å². The number of rotatable bonds is 4. The van der Waals surface area contributed by atoms with Gasteiger partial charge in [-0.2, -0.15) is 5.10 Å². The average Bonchev–Trinajstić information content (AvgIpc) is 2.80. The van der Waals surface area contributed by atoms with Crippen molar-refractivity contribution in [3.8, 4) is 0 Å². The Morgan fingerprint density at radius 3 is 2.53 bits per heavy atom. The summed E-state index contributed by atoms with van der Waals surface area (Å²) in [6, 6.07) is 2.55. The molecule has 2 rings (SSSR count). The fourth-order valence-electron chi connectivity index (χ4n) is 2.10. The standard InChI is InChI=1S/C13H17Br2N3S/c1-7-5-11(19-13(7)15)9(16-3)6-10-12(14)8(2)17-18(10)4/h5,9,16H,6H2,1-4H3. The van der Waals surface area contributed by atoms with Crippen LogP contribution in [0.4, 0.5) is 0 Å². The van der Waals surface area contributed by atoms with Gasteiger partial charge in [-0.3, -0.25) is 4.68 Å². The Morgan fingerprint density at radius 1 is 1.42 bits per heavy atom. The molecule has 0 aliphatic heterocycles. The Bertz CT molecular complexity index is 569. The minimum absolute atomic E-state index is 0.307. The molecule has 0 saturated carbocycles. The lowest BCUT2D eigenvalue weighted by atomic mass is 10.1.